The van der Waals surface area contributed by atoms with Crippen LogP contribution in [0.1, 0.15) is 52.4 Å². The number of hydrogen-bond donors (Lipinski definition) is 1. The molecule has 1 N–H and O–H groups in total. The summed E-state index contributed by atoms with van der Waals surface area (Å²) in [6, 6.07) is 2.25. The van der Waals surface area contributed by atoms with E-state index in [9.17, 15) is 5.11 Å². The molecule has 0 saturated carbocycles. The van der Waals surface area contributed by atoms with Gasteiger partial charge in [0.05, 0.1) is 6.10 Å². The molecule has 2 saturated heterocycles. The average Bonchev–Trinajstić information content (AvgIpc) is 2.36. The van der Waals surface area contributed by atoms with Crippen molar-refractivity contribution in [2.24, 2.45) is 0 Å². The molecule has 0 spiro atoms. The van der Waals surface area contributed by atoms with E-state index < -0.39 is 0 Å². The second-order valence-corrected chi connectivity index (χ2v) is 5.20. The molecule has 0 radical (unpaired) electrons. The van der Waals surface area contributed by atoms with E-state index in [1.807, 2.05) is 6.92 Å². The van der Waals surface area contributed by atoms with Crippen molar-refractivity contribution in [2.45, 2.75) is 76.6 Å². The van der Waals surface area contributed by atoms with Crippen molar-refractivity contribution < 1.29 is 5.11 Å². The SMILES string of the molecule is CC(O)CC(C)N1C2CCCC1CC2. The van der Waals surface area contributed by atoms with Gasteiger partial charge in [-0.2, -0.15) is 0 Å². The third kappa shape index (κ3) is 1.96. The minimum Gasteiger partial charge on any atom is -0.393 e. The molecule has 2 bridgehead atoms. The van der Waals surface area contributed by atoms with Gasteiger partial charge in [0.15, 0.2) is 0 Å². The minimum atomic E-state index is -0.147. The van der Waals surface area contributed by atoms with E-state index in [1.54, 1.807) is 0 Å². The lowest BCUT2D eigenvalue weighted by Crippen LogP contribution is -2.46. The highest BCUT2D eigenvalue weighted by molar-refractivity contribution is 4.94. The van der Waals surface area contributed by atoms with Gasteiger partial charge in [0.25, 0.3) is 0 Å². The highest BCUT2D eigenvalue weighted by atomic mass is 16.3. The van der Waals surface area contributed by atoms with Crippen LogP contribution in [0.25, 0.3) is 0 Å². The van der Waals surface area contributed by atoms with E-state index in [4.69, 9.17) is 0 Å². The Kier molecular flexibility index (Phi) is 3.13. The van der Waals surface area contributed by atoms with Crippen LogP contribution in [0.2, 0.25) is 0 Å². The summed E-state index contributed by atoms with van der Waals surface area (Å²) in [7, 11) is 0. The van der Waals surface area contributed by atoms with Gasteiger partial charge in [-0.25, -0.2) is 0 Å². The van der Waals surface area contributed by atoms with Crippen LogP contribution >= 0.6 is 0 Å². The van der Waals surface area contributed by atoms with E-state index in [0.717, 1.165) is 18.5 Å². The summed E-state index contributed by atoms with van der Waals surface area (Å²) in [5.41, 5.74) is 0. The molecule has 14 heavy (non-hydrogen) atoms. The molecule has 0 aromatic carbocycles. The Morgan fingerprint density at radius 1 is 1.14 bits per heavy atom. The van der Waals surface area contributed by atoms with Crippen LogP contribution in [0.5, 0.6) is 0 Å². The Labute approximate surface area is 87.3 Å². The number of rotatable bonds is 3. The van der Waals surface area contributed by atoms with Crippen LogP contribution in [0, 0.1) is 0 Å². The van der Waals surface area contributed by atoms with E-state index in [2.05, 4.69) is 11.8 Å². The number of hydrogen-bond acceptors (Lipinski definition) is 2. The van der Waals surface area contributed by atoms with E-state index in [1.165, 1.54) is 32.1 Å². The first-order valence-electron chi connectivity index (χ1n) is 6.14. The third-order valence-electron chi connectivity index (χ3n) is 3.94. The maximum Gasteiger partial charge on any atom is 0.0526 e. The highest BCUT2D eigenvalue weighted by Gasteiger charge is 2.38. The number of aliphatic hydroxyl groups excluding tert-OH is 1. The van der Waals surface area contributed by atoms with Gasteiger partial charge in [-0.3, -0.25) is 4.90 Å². The van der Waals surface area contributed by atoms with Crippen LogP contribution < -0.4 is 0 Å². The molecule has 2 nitrogen and oxygen atoms in total. The molecule has 2 fully saturated rings. The van der Waals surface area contributed by atoms with Crippen LogP contribution in [0.15, 0.2) is 0 Å². The molecule has 82 valence electrons. The van der Waals surface area contributed by atoms with E-state index >= 15 is 0 Å². The van der Waals surface area contributed by atoms with Crippen molar-refractivity contribution in [2.75, 3.05) is 0 Å². The number of aliphatic hydroxyl groups is 1. The molecule has 0 aromatic heterocycles. The molecule has 0 aliphatic carbocycles. The highest BCUT2D eigenvalue weighted by Crippen LogP contribution is 2.37. The van der Waals surface area contributed by atoms with Crippen LogP contribution in [-0.4, -0.2) is 34.2 Å². The quantitative estimate of drug-likeness (QED) is 0.749. The fraction of sp³-hybridized carbons (Fsp3) is 1.00. The maximum atomic E-state index is 9.42. The first kappa shape index (κ1) is 10.4. The largest absolute Gasteiger partial charge is 0.393 e. The lowest BCUT2D eigenvalue weighted by atomic mass is 9.98. The van der Waals surface area contributed by atoms with Gasteiger partial charge in [0.1, 0.15) is 0 Å². The maximum absolute atomic E-state index is 9.42. The van der Waals surface area contributed by atoms with Crippen molar-refractivity contribution in [1.82, 2.24) is 4.90 Å². The summed E-state index contributed by atoms with van der Waals surface area (Å²) < 4.78 is 0. The summed E-state index contributed by atoms with van der Waals surface area (Å²) in [6.45, 7) is 4.19. The Morgan fingerprint density at radius 2 is 1.71 bits per heavy atom. The Morgan fingerprint density at radius 3 is 2.21 bits per heavy atom. The van der Waals surface area contributed by atoms with Crippen molar-refractivity contribution in [1.29, 1.82) is 0 Å². The standard InChI is InChI=1S/C12H23NO/c1-9(8-10(2)14)13-11-4-3-5-12(13)7-6-11/h9-12,14H,3-8H2,1-2H3. The first-order chi connectivity index (χ1) is 6.68. The molecule has 2 aliphatic rings. The molecule has 0 amide bonds. The molecule has 4 unspecified atom stereocenters. The van der Waals surface area contributed by atoms with Gasteiger partial charge in [-0.05, 0) is 46.0 Å². The molecular weight excluding hydrogens is 174 g/mol. The van der Waals surface area contributed by atoms with Gasteiger partial charge >= 0.3 is 0 Å². The Balaban J connectivity index is 1.96. The zero-order chi connectivity index (χ0) is 10.1. The van der Waals surface area contributed by atoms with Gasteiger partial charge in [-0.1, -0.05) is 6.42 Å². The summed E-state index contributed by atoms with van der Waals surface area (Å²) in [5.74, 6) is 0. The second kappa shape index (κ2) is 4.19. The van der Waals surface area contributed by atoms with Crippen LogP contribution in [0.4, 0.5) is 0 Å². The molecule has 2 aliphatic heterocycles. The predicted molar refractivity (Wildman–Crippen MR) is 58.3 cm³/mol. The van der Waals surface area contributed by atoms with Gasteiger partial charge in [0, 0.05) is 18.1 Å². The summed E-state index contributed by atoms with van der Waals surface area (Å²) in [5, 5.41) is 9.42. The summed E-state index contributed by atoms with van der Waals surface area (Å²) in [6.07, 6.45) is 7.79. The topological polar surface area (TPSA) is 23.5 Å². The second-order valence-electron chi connectivity index (χ2n) is 5.20. The summed E-state index contributed by atoms with van der Waals surface area (Å²) >= 11 is 0. The molecule has 0 aromatic rings. The molecule has 2 heteroatoms. The van der Waals surface area contributed by atoms with Crippen molar-refractivity contribution in [3.63, 3.8) is 0 Å². The van der Waals surface area contributed by atoms with Crippen molar-refractivity contribution in [3.05, 3.63) is 0 Å². The normalized spacial score (nSPS) is 37.1. The Hall–Kier alpha value is -0.0800. The molecule has 2 rings (SSSR count). The summed E-state index contributed by atoms with van der Waals surface area (Å²) in [4.78, 5) is 2.69. The van der Waals surface area contributed by atoms with Gasteiger partial charge in [-0.15, -0.1) is 0 Å². The molecular formula is C12H23NO. The number of nitrogens with zero attached hydrogens (tertiary/aromatic N) is 1. The lowest BCUT2D eigenvalue weighted by Gasteiger charge is -2.39. The molecule has 4 atom stereocenters. The molecule has 2 heterocycles. The average molecular weight is 197 g/mol. The number of piperidine rings is 1. The third-order valence-corrected chi connectivity index (χ3v) is 3.94. The number of fused-ring (bicyclic) bond motifs is 2. The lowest BCUT2D eigenvalue weighted by molar-refractivity contribution is 0.0609. The predicted octanol–water partition coefficient (Wildman–Crippen LogP) is 2.16. The minimum absolute atomic E-state index is 0.147. The van der Waals surface area contributed by atoms with E-state index in [-0.39, 0.29) is 6.10 Å². The van der Waals surface area contributed by atoms with Gasteiger partial charge in [0.2, 0.25) is 0 Å². The van der Waals surface area contributed by atoms with Crippen molar-refractivity contribution in [3.8, 4) is 0 Å². The zero-order valence-corrected chi connectivity index (χ0v) is 9.45. The zero-order valence-electron chi connectivity index (χ0n) is 9.45. The Bertz CT molecular complexity index is 177. The van der Waals surface area contributed by atoms with E-state index in [0.29, 0.717) is 6.04 Å². The fourth-order valence-corrected chi connectivity index (χ4v) is 3.49. The van der Waals surface area contributed by atoms with Crippen LogP contribution in [0.3, 0.4) is 0 Å². The fourth-order valence-electron chi connectivity index (χ4n) is 3.49. The van der Waals surface area contributed by atoms with Crippen molar-refractivity contribution >= 4 is 0 Å². The van der Waals surface area contributed by atoms with Crippen LogP contribution in [-0.2, 0) is 0 Å². The smallest absolute Gasteiger partial charge is 0.0526 e. The van der Waals surface area contributed by atoms with Gasteiger partial charge < -0.3 is 5.11 Å². The monoisotopic (exact) mass is 197 g/mol. The first-order valence-corrected chi connectivity index (χ1v) is 6.14.